The second kappa shape index (κ2) is 9.47. The molecule has 0 unspecified atom stereocenters. The van der Waals surface area contributed by atoms with E-state index in [9.17, 15) is 0 Å². The summed E-state index contributed by atoms with van der Waals surface area (Å²) in [7, 11) is 0. The van der Waals surface area contributed by atoms with E-state index in [1.165, 1.54) is 88.0 Å². The summed E-state index contributed by atoms with van der Waals surface area (Å²) >= 11 is 0. The first kappa shape index (κ1) is 27.9. The fourth-order valence-corrected chi connectivity index (χ4v) is 10.3. The zero-order chi connectivity index (χ0) is 33.7. The van der Waals surface area contributed by atoms with Crippen molar-refractivity contribution >= 4 is 72.7 Å². The average Bonchev–Trinajstić information content (AvgIpc) is 3.56. The number of imidazole rings is 1. The molecule has 0 saturated heterocycles. The van der Waals surface area contributed by atoms with Crippen molar-refractivity contribution in [2.45, 2.75) is 38.0 Å². The molecule has 1 aliphatic heterocycles. The molecule has 0 spiro atoms. The highest BCUT2D eigenvalue weighted by molar-refractivity contribution is 6.93. The van der Waals surface area contributed by atoms with E-state index in [1.807, 2.05) is 0 Å². The van der Waals surface area contributed by atoms with Gasteiger partial charge in [-0.05, 0) is 61.6 Å². The largest absolute Gasteiger partial charge is 0.284 e. The highest BCUT2D eigenvalue weighted by Gasteiger charge is 2.50. The van der Waals surface area contributed by atoms with Crippen molar-refractivity contribution in [3.05, 3.63) is 173 Å². The topological polar surface area (TPSA) is 22.2 Å². The maximum absolute atomic E-state index is 5.76. The lowest BCUT2D eigenvalue weighted by molar-refractivity contribution is 0.596. The Hall–Kier alpha value is -5.87. The summed E-state index contributed by atoms with van der Waals surface area (Å²) in [6.07, 6.45) is 0. The summed E-state index contributed by atoms with van der Waals surface area (Å²) in [5, 5.41) is 5.07. The molecule has 3 heterocycles. The molecule has 240 valence electrons. The fourth-order valence-electron chi connectivity index (χ4n) is 10.3. The molecule has 3 aliphatic carbocycles. The van der Waals surface area contributed by atoms with E-state index in [2.05, 4.69) is 169 Å². The van der Waals surface area contributed by atoms with Crippen LogP contribution in [0.15, 0.2) is 145 Å². The van der Waals surface area contributed by atoms with E-state index in [4.69, 9.17) is 4.98 Å². The molecule has 3 nitrogen and oxygen atoms in total. The van der Waals surface area contributed by atoms with Gasteiger partial charge in [-0.3, -0.25) is 8.97 Å². The Bertz CT molecular complexity index is 2980. The number of aromatic nitrogens is 3. The lowest BCUT2D eigenvalue weighted by Crippen LogP contribution is -2.52. The summed E-state index contributed by atoms with van der Waals surface area (Å²) in [6, 6.07) is 52.6. The number of rotatable bonds is 1. The predicted molar refractivity (Wildman–Crippen MR) is 213 cm³/mol. The van der Waals surface area contributed by atoms with Crippen LogP contribution in [0.4, 0.5) is 0 Å². The Kier molecular flexibility index (Phi) is 5.18. The SMILES string of the molecule is CC(C)(C)c1cc2c(nc3n4c5c(ccc6cccc(c65)n23)B(c2ccccc2)C2=C4C3c4ccccc4C2c2ccccc23)c2ccccc12. The van der Waals surface area contributed by atoms with Crippen LogP contribution in [0.25, 0.3) is 55.1 Å². The van der Waals surface area contributed by atoms with Gasteiger partial charge in [-0.2, -0.15) is 0 Å². The highest BCUT2D eigenvalue weighted by Crippen LogP contribution is 2.59. The monoisotopic (exact) mass is 651 g/mol. The van der Waals surface area contributed by atoms with E-state index in [-0.39, 0.29) is 24.0 Å². The molecule has 2 bridgehead atoms. The van der Waals surface area contributed by atoms with Crippen LogP contribution in [-0.4, -0.2) is 20.7 Å². The van der Waals surface area contributed by atoms with Gasteiger partial charge in [0.1, 0.15) is 0 Å². The minimum Gasteiger partial charge on any atom is -0.284 e. The Balaban J connectivity index is 1.35. The molecular formula is C47H34BN3. The van der Waals surface area contributed by atoms with Gasteiger partial charge in [0.2, 0.25) is 12.5 Å². The Morgan fingerprint density at radius 2 is 1.25 bits per heavy atom. The van der Waals surface area contributed by atoms with Crippen molar-refractivity contribution < 1.29 is 0 Å². The first-order valence-corrected chi connectivity index (χ1v) is 18.3. The third-order valence-electron chi connectivity index (χ3n) is 12.3. The van der Waals surface area contributed by atoms with Crippen LogP contribution >= 0.6 is 0 Å². The van der Waals surface area contributed by atoms with Gasteiger partial charge < -0.3 is 0 Å². The van der Waals surface area contributed by atoms with Crippen molar-refractivity contribution in [2.24, 2.45) is 0 Å². The van der Waals surface area contributed by atoms with E-state index in [0.717, 1.165) is 11.3 Å². The maximum atomic E-state index is 5.76. The molecule has 0 atom stereocenters. The summed E-state index contributed by atoms with van der Waals surface area (Å²) < 4.78 is 5.11. The molecule has 0 fully saturated rings. The molecule has 4 heteroatoms. The van der Waals surface area contributed by atoms with Gasteiger partial charge in [-0.15, -0.1) is 0 Å². The zero-order valence-electron chi connectivity index (χ0n) is 28.9. The third kappa shape index (κ3) is 3.39. The Labute approximate surface area is 296 Å². The molecule has 7 aromatic carbocycles. The van der Waals surface area contributed by atoms with Gasteiger partial charge in [0, 0.05) is 28.3 Å². The molecule has 0 radical (unpaired) electrons. The van der Waals surface area contributed by atoms with Crippen LogP contribution in [0, 0.1) is 0 Å². The minimum atomic E-state index is -0.0378. The zero-order valence-corrected chi connectivity index (χ0v) is 28.9. The Morgan fingerprint density at radius 3 is 1.96 bits per heavy atom. The summed E-state index contributed by atoms with van der Waals surface area (Å²) in [6.45, 7) is 7.10. The number of allylic oxidation sites excluding steroid dienone is 2. The van der Waals surface area contributed by atoms with Gasteiger partial charge >= 0.3 is 0 Å². The van der Waals surface area contributed by atoms with E-state index >= 15 is 0 Å². The summed E-state index contributed by atoms with van der Waals surface area (Å²) in [5.74, 6) is 1.23. The molecule has 2 aromatic heterocycles. The number of fused-ring (bicyclic) bond motifs is 7. The third-order valence-corrected chi connectivity index (χ3v) is 12.3. The van der Waals surface area contributed by atoms with Crippen LogP contribution in [0.2, 0.25) is 0 Å². The smallest absolute Gasteiger partial charge is 0.242 e. The molecule has 51 heavy (non-hydrogen) atoms. The molecular weight excluding hydrogens is 617 g/mol. The summed E-state index contributed by atoms with van der Waals surface area (Å²) in [4.78, 5) is 5.76. The number of hydrogen-bond donors (Lipinski definition) is 0. The first-order chi connectivity index (χ1) is 25.0. The van der Waals surface area contributed by atoms with Gasteiger partial charge in [0.25, 0.3) is 0 Å². The van der Waals surface area contributed by atoms with E-state index in [1.54, 1.807) is 0 Å². The molecule has 0 amide bonds. The van der Waals surface area contributed by atoms with Crippen LogP contribution in [-0.2, 0) is 5.41 Å². The van der Waals surface area contributed by atoms with E-state index in [0.29, 0.717) is 0 Å². The normalized spacial score (nSPS) is 17.6. The maximum Gasteiger partial charge on any atom is 0.242 e. The minimum absolute atomic E-state index is 0.0378. The molecule has 13 rings (SSSR count). The summed E-state index contributed by atoms with van der Waals surface area (Å²) in [5.41, 5.74) is 17.4. The average molecular weight is 652 g/mol. The predicted octanol–water partition coefficient (Wildman–Crippen LogP) is 9.71. The molecule has 0 N–H and O–H groups in total. The van der Waals surface area contributed by atoms with Crippen LogP contribution < -0.4 is 10.9 Å². The van der Waals surface area contributed by atoms with Gasteiger partial charge in [0.05, 0.1) is 22.1 Å². The first-order valence-electron chi connectivity index (χ1n) is 18.3. The number of benzene rings is 7. The second-order valence-corrected chi connectivity index (χ2v) is 15.9. The highest BCUT2D eigenvalue weighted by atomic mass is 15.2. The van der Waals surface area contributed by atoms with Crippen molar-refractivity contribution in [3.8, 4) is 0 Å². The molecule has 4 aliphatic rings. The van der Waals surface area contributed by atoms with Crippen LogP contribution in [0.1, 0.15) is 60.4 Å². The lowest BCUT2D eigenvalue weighted by atomic mass is 9.30. The van der Waals surface area contributed by atoms with Crippen molar-refractivity contribution in [1.29, 1.82) is 0 Å². The Morgan fingerprint density at radius 1 is 0.608 bits per heavy atom. The van der Waals surface area contributed by atoms with Gasteiger partial charge in [0.15, 0.2) is 0 Å². The molecule has 0 saturated carbocycles. The fraction of sp³-hybridized carbons (Fsp3) is 0.128. The van der Waals surface area contributed by atoms with Crippen LogP contribution in [0.3, 0.4) is 0 Å². The quantitative estimate of drug-likeness (QED) is 0.162. The standard InChI is InChI=1S/C47H34BN3/c1-47(2,3)35-26-38-43(34-22-12-7-17-29(34)35)49-46-50(38)37-23-13-14-27-24-25-36-44(39(27)37)51(46)45-41-32-20-10-8-18-30(32)40(31-19-9-11-21-33(31)41)42(45)48(36)28-15-5-4-6-16-28/h4-26,40-41H,1-3H3. The van der Waals surface area contributed by atoms with Crippen molar-refractivity contribution in [2.75, 3.05) is 0 Å². The molecule has 9 aromatic rings. The lowest BCUT2D eigenvalue weighted by Gasteiger charge is -2.48. The van der Waals surface area contributed by atoms with Gasteiger partial charge in [-0.25, -0.2) is 4.98 Å². The van der Waals surface area contributed by atoms with Gasteiger partial charge in [-0.1, -0.05) is 159 Å². The van der Waals surface area contributed by atoms with E-state index < -0.39 is 0 Å². The van der Waals surface area contributed by atoms with Crippen LogP contribution in [0.5, 0.6) is 0 Å². The van der Waals surface area contributed by atoms with Crippen molar-refractivity contribution in [3.63, 3.8) is 0 Å². The number of hydrogen-bond acceptors (Lipinski definition) is 1. The second-order valence-electron chi connectivity index (χ2n) is 15.9. The number of nitrogens with zero attached hydrogens (tertiary/aromatic N) is 3. The van der Waals surface area contributed by atoms with Crippen molar-refractivity contribution in [1.82, 2.24) is 14.0 Å².